The van der Waals surface area contributed by atoms with Crippen LogP contribution in [-0.4, -0.2) is 17.1 Å². The van der Waals surface area contributed by atoms with E-state index >= 15 is 0 Å². The molecule has 0 radical (unpaired) electrons. The average molecular weight is 179 g/mol. The zero-order valence-corrected chi connectivity index (χ0v) is 8.25. The van der Waals surface area contributed by atoms with Crippen LogP contribution in [0, 0.1) is 0 Å². The molecule has 0 aliphatic carbocycles. The molecule has 0 aromatic carbocycles. The lowest BCUT2D eigenvalue weighted by Gasteiger charge is -2.29. The molecule has 3 N–H and O–H groups in total. The van der Waals surface area contributed by atoms with Gasteiger partial charge in [-0.25, -0.2) is 0 Å². The monoisotopic (exact) mass is 179 g/mol. The van der Waals surface area contributed by atoms with Crippen LogP contribution < -0.4 is 11.1 Å². The lowest BCUT2D eigenvalue weighted by molar-refractivity contribution is 0.506. The number of anilines is 1. The number of nitrogens with one attached hydrogen (secondary N) is 1. The van der Waals surface area contributed by atoms with E-state index in [0.717, 1.165) is 12.1 Å². The fourth-order valence-electron chi connectivity index (χ4n) is 1.07. The Hall–Kier alpha value is -1.09. The highest BCUT2D eigenvalue weighted by atomic mass is 15.0. The van der Waals surface area contributed by atoms with Gasteiger partial charge in [0.2, 0.25) is 0 Å². The summed E-state index contributed by atoms with van der Waals surface area (Å²) >= 11 is 0. The summed E-state index contributed by atoms with van der Waals surface area (Å²) in [5, 5.41) is 3.39. The van der Waals surface area contributed by atoms with Gasteiger partial charge in [0, 0.05) is 30.2 Å². The molecule has 13 heavy (non-hydrogen) atoms. The quantitative estimate of drug-likeness (QED) is 0.738. The van der Waals surface area contributed by atoms with Gasteiger partial charge in [0.15, 0.2) is 0 Å². The molecule has 0 spiro atoms. The largest absolute Gasteiger partial charge is 0.379 e. The number of nitrogens with zero attached hydrogens (tertiary/aromatic N) is 1. The van der Waals surface area contributed by atoms with Gasteiger partial charge in [0.25, 0.3) is 0 Å². The van der Waals surface area contributed by atoms with E-state index in [-0.39, 0.29) is 5.54 Å². The van der Waals surface area contributed by atoms with E-state index in [1.54, 1.807) is 12.4 Å². The summed E-state index contributed by atoms with van der Waals surface area (Å²) in [5.41, 5.74) is 6.75. The second-order valence-electron chi connectivity index (χ2n) is 3.48. The Morgan fingerprint density at radius 1 is 1.46 bits per heavy atom. The standard InChI is InChI=1S/C10H17N3/c1-3-10(2,8-11)13-9-4-6-12-7-5-9/h4-7H,3,8,11H2,1-2H3,(H,12,13). The number of nitrogens with two attached hydrogens (primary N) is 1. The molecule has 1 aromatic rings. The molecule has 1 atom stereocenters. The van der Waals surface area contributed by atoms with Gasteiger partial charge >= 0.3 is 0 Å². The van der Waals surface area contributed by atoms with Crippen LogP contribution in [0.2, 0.25) is 0 Å². The van der Waals surface area contributed by atoms with Crippen LogP contribution in [0.5, 0.6) is 0 Å². The van der Waals surface area contributed by atoms with Crippen molar-refractivity contribution in [1.29, 1.82) is 0 Å². The molecular formula is C10H17N3. The van der Waals surface area contributed by atoms with E-state index in [9.17, 15) is 0 Å². The normalized spacial score (nSPS) is 15.0. The molecule has 1 rings (SSSR count). The van der Waals surface area contributed by atoms with E-state index in [4.69, 9.17) is 5.73 Å². The Kier molecular flexibility index (Phi) is 3.25. The maximum absolute atomic E-state index is 5.69. The lowest BCUT2D eigenvalue weighted by atomic mass is 9.99. The zero-order chi connectivity index (χ0) is 9.73. The fourth-order valence-corrected chi connectivity index (χ4v) is 1.07. The van der Waals surface area contributed by atoms with E-state index in [1.807, 2.05) is 12.1 Å². The van der Waals surface area contributed by atoms with E-state index in [1.165, 1.54) is 0 Å². The van der Waals surface area contributed by atoms with Crippen LogP contribution in [0.4, 0.5) is 5.69 Å². The minimum absolute atomic E-state index is 0.0125. The summed E-state index contributed by atoms with van der Waals surface area (Å²) in [5.74, 6) is 0. The first kappa shape index (κ1) is 9.99. The Balaban J connectivity index is 2.68. The van der Waals surface area contributed by atoms with Gasteiger partial charge in [-0.1, -0.05) is 6.92 Å². The Morgan fingerprint density at radius 3 is 2.54 bits per heavy atom. The van der Waals surface area contributed by atoms with Crippen molar-refractivity contribution in [3.63, 3.8) is 0 Å². The topological polar surface area (TPSA) is 50.9 Å². The highest BCUT2D eigenvalue weighted by Gasteiger charge is 2.18. The minimum atomic E-state index is -0.0125. The van der Waals surface area contributed by atoms with Gasteiger partial charge in [-0.05, 0) is 25.5 Å². The van der Waals surface area contributed by atoms with Crippen molar-refractivity contribution in [3.8, 4) is 0 Å². The first-order valence-corrected chi connectivity index (χ1v) is 4.58. The first-order chi connectivity index (χ1) is 6.20. The van der Waals surface area contributed by atoms with Gasteiger partial charge in [-0.2, -0.15) is 0 Å². The highest BCUT2D eigenvalue weighted by Crippen LogP contribution is 2.15. The molecule has 0 amide bonds. The predicted octanol–water partition coefficient (Wildman–Crippen LogP) is 1.62. The predicted molar refractivity (Wildman–Crippen MR) is 55.6 cm³/mol. The number of hydrogen-bond donors (Lipinski definition) is 2. The average Bonchev–Trinajstić information content (AvgIpc) is 2.19. The van der Waals surface area contributed by atoms with Crippen LogP contribution in [0.25, 0.3) is 0 Å². The van der Waals surface area contributed by atoms with Crippen molar-refractivity contribution >= 4 is 5.69 Å². The molecule has 0 aliphatic heterocycles. The fraction of sp³-hybridized carbons (Fsp3) is 0.500. The summed E-state index contributed by atoms with van der Waals surface area (Å²) in [4.78, 5) is 3.96. The van der Waals surface area contributed by atoms with E-state index < -0.39 is 0 Å². The van der Waals surface area contributed by atoms with Crippen molar-refractivity contribution in [2.45, 2.75) is 25.8 Å². The molecule has 1 aromatic heterocycles. The summed E-state index contributed by atoms with van der Waals surface area (Å²) in [6.07, 6.45) is 4.55. The van der Waals surface area contributed by atoms with Crippen LogP contribution in [-0.2, 0) is 0 Å². The molecule has 72 valence electrons. The van der Waals surface area contributed by atoms with Gasteiger partial charge in [0.05, 0.1) is 0 Å². The van der Waals surface area contributed by atoms with Crippen LogP contribution in [0.1, 0.15) is 20.3 Å². The van der Waals surface area contributed by atoms with Gasteiger partial charge < -0.3 is 11.1 Å². The molecule has 3 heteroatoms. The second kappa shape index (κ2) is 4.23. The number of rotatable bonds is 4. The molecule has 0 bridgehead atoms. The maximum Gasteiger partial charge on any atom is 0.0465 e. The van der Waals surface area contributed by atoms with Gasteiger partial charge in [-0.15, -0.1) is 0 Å². The van der Waals surface area contributed by atoms with Crippen molar-refractivity contribution in [3.05, 3.63) is 24.5 Å². The Labute approximate surface area is 79.4 Å². The summed E-state index contributed by atoms with van der Waals surface area (Å²) < 4.78 is 0. The SMILES string of the molecule is CCC(C)(CN)Nc1ccncc1. The van der Waals surface area contributed by atoms with Crippen molar-refractivity contribution < 1.29 is 0 Å². The summed E-state index contributed by atoms with van der Waals surface area (Å²) in [6, 6.07) is 3.90. The van der Waals surface area contributed by atoms with Crippen molar-refractivity contribution in [2.24, 2.45) is 5.73 Å². The van der Waals surface area contributed by atoms with E-state index in [0.29, 0.717) is 6.54 Å². The molecule has 1 heterocycles. The smallest absolute Gasteiger partial charge is 0.0465 e. The maximum atomic E-state index is 5.69. The molecule has 0 aliphatic rings. The van der Waals surface area contributed by atoms with Crippen LogP contribution >= 0.6 is 0 Å². The highest BCUT2D eigenvalue weighted by molar-refractivity contribution is 5.43. The van der Waals surface area contributed by atoms with Crippen molar-refractivity contribution in [1.82, 2.24) is 4.98 Å². The van der Waals surface area contributed by atoms with Crippen molar-refractivity contribution in [2.75, 3.05) is 11.9 Å². The minimum Gasteiger partial charge on any atom is -0.379 e. The third kappa shape index (κ3) is 2.70. The third-order valence-electron chi connectivity index (χ3n) is 2.36. The number of hydrogen-bond acceptors (Lipinski definition) is 3. The summed E-state index contributed by atoms with van der Waals surface area (Å²) in [7, 11) is 0. The Bertz CT molecular complexity index is 242. The van der Waals surface area contributed by atoms with Crippen LogP contribution in [0.3, 0.4) is 0 Å². The molecule has 0 fully saturated rings. The third-order valence-corrected chi connectivity index (χ3v) is 2.36. The van der Waals surface area contributed by atoms with E-state index in [2.05, 4.69) is 24.1 Å². The molecule has 1 unspecified atom stereocenters. The van der Waals surface area contributed by atoms with Gasteiger partial charge in [-0.3, -0.25) is 4.98 Å². The lowest BCUT2D eigenvalue weighted by Crippen LogP contribution is -2.41. The number of pyridine rings is 1. The molecule has 0 saturated carbocycles. The molecule has 3 nitrogen and oxygen atoms in total. The Morgan fingerprint density at radius 2 is 2.08 bits per heavy atom. The molecule has 0 saturated heterocycles. The summed E-state index contributed by atoms with van der Waals surface area (Å²) in [6.45, 7) is 4.88. The first-order valence-electron chi connectivity index (χ1n) is 4.58. The van der Waals surface area contributed by atoms with Crippen LogP contribution in [0.15, 0.2) is 24.5 Å². The zero-order valence-electron chi connectivity index (χ0n) is 8.25. The number of aromatic nitrogens is 1. The second-order valence-corrected chi connectivity index (χ2v) is 3.48. The van der Waals surface area contributed by atoms with Gasteiger partial charge in [0.1, 0.15) is 0 Å². The molecular weight excluding hydrogens is 162 g/mol.